The molecule has 3 rings (SSSR count). The van der Waals surface area contributed by atoms with Gasteiger partial charge in [0, 0.05) is 11.1 Å². The smallest absolute Gasteiger partial charge is 0.289 e. The van der Waals surface area contributed by atoms with Gasteiger partial charge in [-0.2, -0.15) is 16.8 Å². The summed E-state index contributed by atoms with van der Waals surface area (Å²) in [5.41, 5.74) is -3.06. The lowest BCUT2D eigenvalue weighted by Gasteiger charge is -2.23. The lowest BCUT2D eigenvalue weighted by atomic mass is 9.83. The number of rotatable bonds is 6. The van der Waals surface area contributed by atoms with E-state index in [1.54, 1.807) is 0 Å². The van der Waals surface area contributed by atoms with Gasteiger partial charge in [-0.15, -0.1) is 0 Å². The largest absolute Gasteiger partial charge is 0.346 e. The summed E-state index contributed by atoms with van der Waals surface area (Å²) in [4.78, 5) is 24.3. The van der Waals surface area contributed by atoms with Crippen LogP contribution in [0.5, 0.6) is 0 Å². The first-order valence-corrected chi connectivity index (χ1v) is 14.1. The van der Waals surface area contributed by atoms with E-state index in [9.17, 15) is 43.3 Å². The molecule has 0 spiro atoms. The second-order valence-electron chi connectivity index (χ2n) is 6.59. The average Bonchev–Trinajstić information content (AvgIpc) is 2.61. The van der Waals surface area contributed by atoms with Crippen molar-refractivity contribution in [3.8, 4) is 0 Å². The van der Waals surface area contributed by atoms with Gasteiger partial charge in [-0.25, -0.2) is 16.8 Å². The van der Waals surface area contributed by atoms with Gasteiger partial charge in [0.25, 0.3) is 20.0 Å². The first-order chi connectivity index (χ1) is 14.9. The van der Waals surface area contributed by atoms with Crippen molar-refractivity contribution >= 4 is 52.2 Å². The Balaban J connectivity index is 2.35. The van der Waals surface area contributed by atoms with Gasteiger partial charge in [-0.1, -0.05) is 26.5 Å². The van der Waals surface area contributed by atoms with Gasteiger partial charge in [0.05, 0.1) is 20.9 Å². The normalized spacial score (nSPS) is 14.6. The highest BCUT2D eigenvalue weighted by Gasteiger charge is 2.40. The summed E-state index contributed by atoms with van der Waals surface area (Å²) in [6, 6.07) is 4.70. The van der Waals surface area contributed by atoms with Crippen LogP contribution in [-0.2, 0) is 40.7 Å². The van der Waals surface area contributed by atoms with Crippen LogP contribution in [0.4, 0.5) is 0 Å². The summed E-state index contributed by atoms with van der Waals surface area (Å²) >= 11 is 0. The van der Waals surface area contributed by atoms with E-state index in [0.717, 1.165) is 38.6 Å². The zero-order valence-electron chi connectivity index (χ0n) is 16.0. The van der Waals surface area contributed by atoms with Crippen molar-refractivity contribution in [1.29, 1.82) is 0 Å². The number of sulfonamides is 2. The molecule has 0 bridgehead atoms. The van der Waals surface area contributed by atoms with E-state index in [1.165, 1.54) is 6.92 Å². The van der Waals surface area contributed by atoms with Gasteiger partial charge in [-0.3, -0.25) is 18.7 Å². The molecule has 1 aliphatic carbocycles. The Hall–Kier alpha value is -2.58. The Morgan fingerprint density at radius 2 is 1.15 bits per heavy atom. The maximum absolute atomic E-state index is 13.2. The second-order valence-corrected chi connectivity index (χ2v) is 12.7. The number of hydrogen-bond acceptors (Lipinski definition) is 10. The maximum Gasteiger partial charge on any atom is 0.346 e. The Bertz CT molecular complexity index is 1670. The Morgan fingerprint density at radius 3 is 1.70 bits per heavy atom. The molecular weight excluding hydrogens is 528 g/mol. The standard InChI is InChI=1S/C15H12N2O12S4/c1-7-5-6-9-12(15(7)31(22,23)17-33(27,28)29)14(19)8-3-2-4-10(11(8)13(9)18)30(20,21)16-32(24,25)26/h2-6,16-17H,1H3,(H,24,25,26)(H,27,28,29). The van der Waals surface area contributed by atoms with Crippen molar-refractivity contribution in [3.05, 3.63) is 58.1 Å². The number of carbonyl (C=O) groups is 2. The van der Waals surface area contributed by atoms with Crippen LogP contribution in [-0.4, -0.2) is 54.3 Å². The predicted octanol–water partition coefficient (Wildman–Crippen LogP) is -1.07. The Morgan fingerprint density at radius 1 is 0.667 bits per heavy atom. The number of ketones is 2. The van der Waals surface area contributed by atoms with Crippen LogP contribution in [0.3, 0.4) is 0 Å². The molecule has 1 aliphatic rings. The summed E-state index contributed by atoms with van der Waals surface area (Å²) in [7, 11) is -20.8. The molecular formula is C15H12N2O12S4. The number of aryl methyl sites for hydroxylation is 1. The third-order valence-electron chi connectivity index (χ3n) is 4.31. The number of nitrogens with one attached hydrogen (secondary N) is 2. The number of benzene rings is 2. The predicted molar refractivity (Wildman–Crippen MR) is 108 cm³/mol. The van der Waals surface area contributed by atoms with Gasteiger partial charge in [0.1, 0.15) is 0 Å². The van der Waals surface area contributed by atoms with Crippen LogP contribution in [0, 0.1) is 6.92 Å². The molecule has 0 heterocycles. The van der Waals surface area contributed by atoms with Crippen molar-refractivity contribution in [3.63, 3.8) is 0 Å². The molecule has 0 fully saturated rings. The molecule has 0 saturated heterocycles. The van der Waals surface area contributed by atoms with Gasteiger partial charge in [0.15, 0.2) is 11.6 Å². The third kappa shape index (κ3) is 4.73. The molecule has 4 N–H and O–H groups in total. The number of carbonyl (C=O) groups excluding carboxylic acids is 2. The van der Waals surface area contributed by atoms with E-state index in [-0.39, 0.29) is 5.56 Å². The lowest BCUT2D eigenvalue weighted by Crippen LogP contribution is -2.35. The van der Waals surface area contributed by atoms with Crippen LogP contribution in [0.2, 0.25) is 0 Å². The Kier molecular flexibility index (Phi) is 5.87. The first-order valence-electron chi connectivity index (χ1n) is 8.24. The third-order valence-corrected chi connectivity index (χ3v) is 9.74. The van der Waals surface area contributed by atoms with Crippen molar-refractivity contribution in [1.82, 2.24) is 8.25 Å². The lowest BCUT2D eigenvalue weighted by molar-refractivity contribution is 0.0974. The number of hydrogen-bond donors (Lipinski definition) is 4. The van der Waals surface area contributed by atoms with E-state index >= 15 is 0 Å². The van der Waals surface area contributed by atoms with Gasteiger partial charge < -0.3 is 0 Å². The maximum atomic E-state index is 13.2. The molecule has 0 saturated carbocycles. The minimum Gasteiger partial charge on any atom is -0.289 e. The zero-order valence-corrected chi connectivity index (χ0v) is 19.3. The molecule has 0 radical (unpaired) electrons. The van der Waals surface area contributed by atoms with Crippen molar-refractivity contribution in [2.75, 3.05) is 0 Å². The van der Waals surface area contributed by atoms with Crippen LogP contribution >= 0.6 is 0 Å². The van der Waals surface area contributed by atoms with Crippen molar-refractivity contribution < 1.29 is 52.4 Å². The zero-order chi connectivity index (χ0) is 25.1. The fourth-order valence-electron chi connectivity index (χ4n) is 3.26. The minimum atomic E-state index is -5.31. The summed E-state index contributed by atoms with van der Waals surface area (Å²) in [6.45, 7) is 1.17. The summed E-state index contributed by atoms with van der Waals surface area (Å²) in [5.74, 6) is -2.41. The van der Waals surface area contributed by atoms with Crippen molar-refractivity contribution in [2.45, 2.75) is 16.7 Å². The number of fused-ring (bicyclic) bond motifs is 2. The molecule has 14 nitrogen and oxygen atoms in total. The van der Waals surface area contributed by atoms with Crippen LogP contribution in [0.1, 0.15) is 37.4 Å². The highest BCUT2D eigenvalue weighted by Crippen LogP contribution is 2.36. The molecule has 0 atom stereocenters. The monoisotopic (exact) mass is 540 g/mol. The highest BCUT2D eigenvalue weighted by molar-refractivity contribution is 8.02. The quantitative estimate of drug-likeness (QED) is 0.274. The van der Waals surface area contributed by atoms with E-state index in [4.69, 9.17) is 9.11 Å². The van der Waals surface area contributed by atoms with Gasteiger partial charge in [-0.05, 0) is 24.6 Å². The molecule has 0 amide bonds. The minimum absolute atomic E-state index is 0.189. The molecule has 178 valence electrons. The Labute approximate surface area is 187 Å². The highest BCUT2D eigenvalue weighted by atomic mass is 32.3. The molecule has 0 unspecified atom stereocenters. The van der Waals surface area contributed by atoms with Gasteiger partial charge in [0.2, 0.25) is 0 Å². The van der Waals surface area contributed by atoms with Crippen LogP contribution in [0.15, 0.2) is 40.1 Å². The molecule has 33 heavy (non-hydrogen) atoms. The topological polar surface area (TPSA) is 235 Å². The first kappa shape index (κ1) is 25.1. The van der Waals surface area contributed by atoms with E-state index in [1.807, 2.05) is 0 Å². The molecule has 2 aromatic rings. The molecule has 0 aliphatic heterocycles. The SMILES string of the molecule is Cc1ccc2c(c1S(=O)(=O)NS(=O)(=O)O)C(=O)c1cccc(S(=O)(=O)NS(=O)(=O)O)c1C2=O. The second kappa shape index (κ2) is 7.74. The van der Waals surface area contributed by atoms with E-state index < -0.39 is 84.3 Å². The van der Waals surface area contributed by atoms with E-state index in [0.29, 0.717) is 0 Å². The summed E-state index contributed by atoms with van der Waals surface area (Å²) in [5, 5.41) is 0. The fraction of sp³-hybridized carbons (Fsp3) is 0.0667. The van der Waals surface area contributed by atoms with Gasteiger partial charge >= 0.3 is 20.6 Å². The summed E-state index contributed by atoms with van der Waals surface area (Å²) < 4.78 is 114. The molecule has 0 aromatic heterocycles. The fourth-order valence-corrected chi connectivity index (χ4v) is 7.86. The summed E-state index contributed by atoms with van der Waals surface area (Å²) in [6.07, 6.45) is 0. The molecule has 2 aromatic carbocycles. The van der Waals surface area contributed by atoms with Crippen LogP contribution < -0.4 is 8.25 Å². The van der Waals surface area contributed by atoms with Crippen LogP contribution in [0.25, 0.3) is 0 Å². The average molecular weight is 541 g/mol. The molecule has 18 heteroatoms. The van der Waals surface area contributed by atoms with Crippen molar-refractivity contribution in [2.24, 2.45) is 0 Å². The van der Waals surface area contributed by atoms with E-state index in [2.05, 4.69) is 0 Å².